The first-order valence-electron chi connectivity index (χ1n) is 10.4. The van der Waals surface area contributed by atoms with Crippen LogP contribution in [0.1, 0.15) is 75.7 Å². The van der Waals surface area contributed by atoms with Gasteiger partial charge in [0, 0.05) is 0 Å². The predicted octanol–water partition coefficient (Wildman–Crippen LogP) is 7.49. The standard InChI is InChI=1S/C23H30F4/c24-13-3-1-2-4-16-5-7-17(8-6-16)18-9-11-19(12-10-18)20-14-21(25)23(27)22(26)15-20/h1,3,14-19H,2,4-13H2/b3-1+. The largest absolute Gasteiger partial charge is 0.247 e. The summed E-state index contributed by atoms with van der Waals surface area (Å²) < 4.78 is 52.2. The summed E-state index contributed by atoms with van der Waals surface area (Å²) in [5.74, 6) is -1.13. The van der Waals surface area contributed by atoms with Crippen molar-refractivity contribution in [2.24, 2.45) is 17.8 Å². The van der Waals surface area contributed by atoms with Gasteiger partial charge in [0.05, 0.1) is 0 Å². The highest BCUT2D eigenvalue weighted by Crippen LogP contribution is 2.44. The second-order valence-corrected chi connectivity index (χ2v) is 8.39. The van der Waals surface area contributed by atoms with E-state index in [4.69, 9.17) is 0 Å². The van der Waals surface area contributed by atoms with E-state index in [1.165, 1.54) is 37.8 Å². The van der Waals surface area contributed by atoms with Crippen molar-refractivity contribution in [3.63, 3.8) is 0 Å². The quantitative estimate of drug-likeness (QED) is 0.272. The van der Waals surface area contributed by atoms with Gasteiger partial charge in [-0.2, -0.15) is 0 Å². The van der Waals surface area contributed by atoms with Gasteiger partial charge in [-0.15, -0.1) is 0 Å². The predicted molar refractivity (Wildman–Crippen MR) is 101 cm³/mol. The van der Waals surface area contributed by atoms with Gasteiger partial charge in [0.1, 0.15) is 6.67 Å². The molecule has 4 heteroatoms. The molecule has 0 bridgehead atoms. The second-order valence-electron chi connectivity index (χ2n) is 8.39. The summed E-state index contributed by atoms with van der Waals surface area (Å²) >= 11 is 0. The zero-order valence-electron chi connectivity index (χ0n) is 15.9. The molecule has 0 unspecified atom stereocenters. The Morgan fingerprint density at radius 2 is 1.33 bits per heavy atom. The van der Waals surface area contributed by atoms with Crippen LogP contribution >= 0.6 is 0 Å². The third-order valence-corrected chi connectivity index (χ3v) is 6.80. The van der Waals surface area contributed by atoms with Gasteiger partial charge in [0.15, 0.2) is 17.5 Å². The van der Waals surface area contributed by atoms with Gasteiger partial charge in [-0.05, 0) is 92.7 Å². The molecule has 3 rings (SSSR count). The highest BCUT2D eigenvalue weighted by molar-refractivity contribution is 5.23. The maximum Gasteiger partial charge on any atom is 0.194 e. The van der Waals surface area contributed by atoms with Gasteiger partial charge in [-0.3, -0.25) is 0 Å². The van der Waals surface area contributed by atoms with Crippen LogP contribution in [-0.4, -0.2) is 6.67 Å². The molecule has 1 aromatic rings. The van der Waals surface area contributed by atoms with Crippen LogP contribution in [-0.2, 0) is 0 Å². The van der Waals surface area contributed by atoms with Crippen molar-refractivity contribution >= 4 is 0 Å². The molecular formula is C23H30F4. The van der Waals surface area contributed by atoms with E-state index in [0.717, 1.165) is 50.4 Å². The number of allylic oxidation sites excluding steroid dienone is 2. The summed E-state index contributed by atoms with van der Waals surface area (Å²) in [5.41, 5.74) is 0.606. The minimum Gasteiger partial charge on any atom is -0.247 e. The molecule has 0 aromatic heterocycles. The smallest absolute Gasteiger partial charge is 0.194 e. The van der Waals surface area contributed by atoms with Crippen molar-refractivity contribution in [1.29, 1.82) is 0 Å². The topological polar surface area (TPSA) is 0 Å². The molecule has 0 amide bonds. The minimum atomic E-state index is -1.37. The number of alkyl halides is 1. The average Bonchev–Trinajstić information content (AvgIpc) is 2.70. The van der Waals surface area contributed by atoms with E-state index in [9.17, 15) is 17.6 Å². The maximum absolute atomic E-state index is 13.5. The van der Waals surface area contributed by atoms with E-state index in [1.807, 2.05) is 6.08 Å². The van der Waals surface area contributed by atoms with E-state index in [0.29, 0.717) is 11.5 Å². The summed E-state index contributed by atoms with van der Waals surface area (Å²) in [7, 11) is 0. The molecule has 0 spiro atoms. The van der Waals surface area contributed by atoms with Gasteiger partial charge < -0.3 is 0 Å². The molecule has 0 radical (unpaired) electrons. The summed E-state index contributed by atoms with van der Waals surface area (Å²) in [5, 5.41) is 0. The van der Waals surface area contributed by atoms with E-state index < -0.39 is 17.5 Å². The van der Waals surface area contributed by atoms with Crippen LogP contribution in [0.2, 0.25) is 0 Å². The monoisotopic (exact) mass is 382 g/mol. The average molecular weight is 382 g/mol. The third-order valence-electron chi connectivity index (χ3n) is 6.80. The Morgan fingerprint density at radius 1 is 0.778 bits per heavy atom. The van der Waals surface area contributed by atoms with Crippen molar-refractivity contribution < 1.29 is 17.6 Å². The molecule has 0 nitrogen and oxygen atoms in total. The number of benzene rings is 1. The van der Waals surface area contributed by atoms with Crippen molar-refractivity contribution in [2.75, 3.05) is 6.67 Å². The molecule has 0 atom stereocenters. The minimum absolute atomic E-state index is 0.143. The fourth-order valence-corrected chi connectivity index (χ4v) is 5.20. The Bertz CT molecular complexity index is 600. The van der Waals surface area contributed by atoms with Gasteiger partial charge in [-0.1, -0.05) is 25.0 Å². The van der Waals surface area contributed by atoms with Crippen LogP contribution < -0.4 is 0 Å². The van der Waals surface area contributed by atoms with Crippen molar-refractivity contribution in [1.82, 2.24) is 0 Å². The number of hydrogen-bond acceptors (Lipinski definition) is 0. The maximum atomic E-state index is 13.5. The molecule has 0 N–H and O–H groups in total. The molecular weight excluding hydrogens is 352 g/mol. The fourth-order valence-electron chi connectivity index (χ4n) is 5.20. The molecule has 2 aliphatic rings. The lowest BCUT2D eigenvalue weighted by molar-refractivity contribution is 0.157. The molecule has 2 saturated carbocycles. The molecule has 2 aliphatic carbocycles. The fraction of sp³-hybridized carbons (Fsp3) is 0.652. The lowest BCUT2D eigenvalue weighted by Gasteiger charge is -2.38. The highest BCUT2D eigenvalue weighted by Gasteiger charge is 2.31. The van der Waals surface area contributed by atoms with Crippen LogP contribution in [0.5, 0.6) is 0 Å². The molecule has 0 saturated heterocycles. The number of hydrogen-bond donors (Lipinski definition) is 0. The summed E-state index contributed by atoms with van der Waals surface area (Å²) in [6.07, 6.45) is 14.8. The van der Waals surface area contributed by atoms with E-state index in [1.54, 1.807) is 6.08 Å². The summed E-state index contributed by atoms with van der Waals surface area (Å²) in [6, 6.07) is 2.35. The van der Waals surface area contributed by atoms with Gasteiger partial charge in [-0.25, -0.2) is 17.6 Å². The first-order valence-corrected chi connectivity index (χ1v) is 10.4. The van der Waals surface area contributed by atoms with Crippen LogP contribution in [0, 0.1) is 35.2 Å². The highest BCUT2D eigenvalue weighted by atomic mass is 19.2. The van der Waals surface area contributed by atoms with Crippen molar-refractivity contribution in [2.45, 2.75) is 70.1 Å². The third kappa shape index (κ3) is 5.36. The van der Waals surface area contributed by atoms with Crippen LogP contribution in [0.3, 0.4) is 0 Å². The molecule has 2 fully saturated rings. The van der Waals surface area contributed by atoms with E-state index >= 15 is 0 Å². The van der Waals surface area contributed by atoms with Crippen molar-refractivity contribution in [3.8, 4) is 0 Å². The Hall–Kier alpha value is -1.32. The Balaban J connectivity index is 1.44. The molecule has 0 aliphatic heterocycles. The summed E-state index contributed by atoms with van der Waals surface area (Å²) in [4.78, 5) is 0. The number of rotatable bonds is 6. The Morgan fingerprint density at radius 3 is 1.89 bits per heavy atom. The normalized spacial score (nSPS) is 29.3. The van der Waals surface area contributed by atoms with E-state index in [-0.39, 0.29) is 12.6 Å². The van der Waals surface area contributed by atoms with Crippen molar-refractivity contribution in [3.05, 3.63) is 47.3 Å². The van der Waals surface area contributed by atoms with E-state index in [2.05, 4.69) is 0 Å². The van der Waals surface area contributed by atoms with Gasteiger partial charge in [0.2, 0.25) is 0 Å². The van der Waals surface area contributed by atoms with Crippen LogP contribution in [0.4, 0.5) is 17.6 Å². The lowest BCUT2D eigenvalue weighted by atomic mass is 9.68. The van der Waals surface area contributed by atoms with Crippen LogP contribution in [0.25, 0.3) is 0 Å². The lowest BCUT2D eigenvalue weighted by Crippen LogP contribution is -2.25. The molecule has 27 heavy (non-hydrogen) atoms. The number of halogens is 4. The second kappa shape index (κ2) is 9.75. The van der Waals surface area contributed by atoms with Crippen LogP contribution in [0.15, 0.2) is 24.3 Å². The van der Waals surface area contributed by atoms with Gasteiger partial charge >= 0.3 is 0 Å². The zero-order valence-corrected chi connectivity index (χ0v) is 15.9. The Labute approximate surface area is 160 Å². The first kappa shape index (κ1) is 20.4. The zero-order chi connectivity index (χ0) is 19.2. The SMILES string of the molecule is FC/C=C/CCC1CCC(C2CCC(c3cc(F)c(F)c(F)c3)CC2)CC1. The molecule has 150 valence electrons. The summed E-state index contributed by atoms with van der Waals surface area (Å²) in [6.45, 7) is -0.368. The molecule has 0 heterocycles. The first-order chi connectivity index (χ1) is 13.1. The molecule has 1 aromatic carbocycles. The Kier molecular flexibility index (Phi) is 7.37. The van der Waals surface area contributed by atoms with Gasteiger partial charge in [0.25, 0.3) is 0 Å².